The molecule has 1 aliphatic heterocycles. The van der Waals surface area contributed by atoms with Gasteiger partial charge in [-0.15, -0.1) is 0 Å². The molecule has 2 heterocycles. The highest BCUT2D eigenvalue weighted by atomic mass is 16.4. The average molecular weight is 354 g/mol. The summed E-state index contributed by atoms with van der Waals surface area (Å²) in [7, 11) is -1.41. The summed E-state index contributed by atoms with van der Waals surface area (Å²) in [4.78, 5) is 9.62. The molecule has 3 aromatic rings. The minimum atomic E-state index is -1.41. The highest BCUT2D eigenvalue weighted by molar-refractivity contribution is 6.63. The molecule has 0 bridgehead atoms. The Morgan fingerprint density at radius 2 is 1.67 bits per heavy atom. The average Bonchev–Trinajstić information content (AvgIpc) is 2.72. The summed E-state index contributed by atoms with van der Waals surface area (Å²) < 4.78 is 0. The molecule has 0 amide bonds. The maximum atomic E-state index is 9.74. The predicted octanol–water partition coefficient (Wildman–Crippen LogP) is 2.06. The SMILES string of the molecule is OB(O)C1=c2ccccc2=C(C2=Nc3c(ccc4cccnc34)CC2)CC1. The molecule has 0 spiro atoms. The molecule has 2 N–H and O–H groups in total. The Kier molecular flexibility index (Phi) is 3.92. The second-order valence-corrected chi connectivity index (χ2v) is 7.13. The van der Waals surface area contributed by atoms with E-state index in [0.717, 1.165) is 52.0 Å². The molecule has 0 saturated carbocycles. The van der Waals surface area contributed by atoms with Crippen LogP contribution in [0.25, 0.3) is 21.9 Å². The first-order chi connectivity index (χ1) is 13.2. The van der Waals surface area contributed by atoms with Gasteiger partial charge < -0.3 is 10.0 Å². The Labute approximate surface area is 157 Å². The molecule has 0 fully saturated rings. The number of hydrogen-bond acceptors (Lipinski definition) is 4. The molecule has 0 unspecified atom stereocenters. The number of hydrogen-bond donors (Lipinski definition) is 2. The maximum absolute atomic E-state index is 9.74. The zero-order chi connectivity index (χ0) is 18.4. The summed E-state index contributed by atoms with van der Waals surface area (Å²) in [6, 6.07) is 16.3. The molecule has 132 valence electrons. The van der Waals surface area contributed by atoms with Crippen LogP contribution in [0.15, 0.2) is 59.7 Å². The summed E-state index contributed by atoms with van der Waals surface area (Å²) in [5.74, 6) is 0. The smallest absolute Gasteiger partial charge is 0.423 e. The van der Waals surface area contributed by atoms with E-state index in [1.54, 1.807) is 0 Å². The summed E-state index contributed by atoms with van der Waals surface area (Å²) >= 11 is 0. The first-order valence-corrected chi connectivity index (χ1v) is 9.34. The molecule has 1 aliphatic carbocycles. The number of benzene rings is 2. The van der Waals surface area contributed by atoms with Crippen molar-refractivity contribution in [1.82, 2.24) is 4.98 Å². The van der Waals surface area contributed by atoms with Crippen LogP contribution in [0.3, 0.4) is 0 Å². The molecule has 5 rings (SSSR count). The fraction of sp³-hybridized carbons (Fsp3) is 0.182. The number of aliphatic imine (C=N–C) groups is 1. The lowest BCUT2D eigenvalue weighted by Gasteiger charge is -2.22. The van der Waals surface area contributed by atoms with Gasteiger partial charge in [0.15, 0.2) is 0 Å². The Bertz CT molecular complexity index is 1210. The third-order valence-corrected chi connectivity index (χ3v) is 5.61. The van der Waals surface area contributed by atoms with Gasteiger partial charge in [0.2, 0.25) is 0 Å². The van der Waals surface area contributed by atoms with E-state index in [9.17, 15) is 10.0 Å². The lowest BCUT2D eigenvalue weighted by molar-refractivity contribution is 0.424. The van der Waals surface area contributed by atoms with Gasteiger partial charge in [0.25, 0.3) is 0 Å². The van der Waals surface area contributed by atoms with E-state index < -0.39 is 7.12 Å². The van der Waals surface area contributed by atoms with Crippen LogP contribution in [0.5, 0.6) is 0 Å². The number of pyridine rings is 1. The lowest BCUT2D eigenvalue weighted by Crippen LogP contribution is -2.38. The number of aryl methyl sites for hydroxylation is 1. The minimum absolute atomic E-state index is 0.643. The minimum Gasteiger partial charge on any atom is -0.423 e. The van der Waals surface area contributed by atoms with Crippen LogP contribution in [-0.2, 0) is 6.42 Å². The van der Waals surface area contributed by atoms with Gasteiger partial charge in [-0.2, -0.15) is 0 Å². The van der Waals surface area contributed by atoms with E-state index in [0.29, 0.717) is 11.9 Å². The van der Waals surface area contributed by atoms with Gasteiger partial charge in [0, 0.05) is 17.3 Å². The standard InChI is InChI=1S/C22H19BN2O2/c26-23(27)19-11-10-18(16-5-1-2-6-17(16)19)20-12-9-15-8-7-14-4-3-13-24-21(14)22(15)25-20/h1-8,13,26-27H,9-12H2. The van der Waals surface area contributed by atoms with Gasteiger partial charge in [-0.1, -0.05) is 42.5 Å². The summed E-state index contributed by atoms with van der Waals surface area (Å²) in [5, 5.41) is 22.6. The molecular weight excluding hydrogens is 335 g/mol. The highest BCUT2D eigenvalue weighted by Gasteiger charge is 2.24. The van der Waals surface area contributed by atoms with Crippen molar-refractivity contribution in [2.75, 3.05) is 0 Å². The van der Waals surface area contributed by atoms with Crippen LogP contribution in [-0.4, -0.2) is 27.9 Å². The highest BCUT2D eigenvalue weighted by Crippen LogP contribution is 2.35. The Morgan fingerprint density at radius 3 is 2.52 bits per heavy atom. The van der Waals surface area contributed by atoms with Gasteiger partial charge in [0.05, 0.1) is 11.2 Å². The third-order valence-electron chi connectivity index (χ3n) is 5.61. The monoisotopic (exact) mass is 354 g/mol. The van der Waals surface area contributed by atoms with Crippen molar-refractivity contribution >= 4 is 40.5 Å². The zero-order valence-corrected chi connectivity index (χ0v) is 14.9. The van der Waals surface area contributed by atoms with Crippen LogP contribution in [0.2, 0.25) is 0 Å². The van der Waals surface area contributed by atoms with Gasteiger partial charge in [-0.05, 0) is 58.8 Å². The molecule has 0 radical (unpaired) electrons. The van der Waals surface area contributed by atoms with Crippen molar-refractivity contribution in [2.24, 2.45) is 4.99 Å². The van der Waals surface area contributed by atoms with Crippen molar-refractivity contribution in [1.29, 1.82) is 0 Å². The van der Waals surface area contributed by atoms with Gasteiger partial charge in [0.1, 0.15) is 0 Å². The molecule has 1 aromatic heterocycles. The molecule has 2 aromatic carbocycles. The van der Waals surface area contributed by atoms with Gasteiger partial charge >= 0.3 is 7.12 Å². The van der Waals surface area contributed by atoms with E-state index >= 15 is 0 Å². The number of fused-ring (bicyclic) bond motifs is 4. The van der Waals surface area contributed by atoms with Gasteiger partial charge in [-0.3, -0.25) is 9.98 Å². The van der Waals surface area contributed by atoms with E-state index in [-0.39, 0.29) is 0 Å². The summed E-state index contributed by atoms with van der Waals surface area (Å²) in [6.07, 6.45) is 5.08. The van der Waals surface area contributed by atoms with Crippen molar-refractivity contribution in [3.8, 4) is 0 Å². The van der Waals surface area contributed by atoms with Crippen molar-refractivity contribution in [3.05, 3.63) is 70.7 Å². The van der Waals surface area contributed by atoms with E-state index in [2.05, 4.69) is 29.2 Å². The van der Waals surface area contributed by atoms with E-state index in [4.69, 9.17) is 4.99 Å². The summed E-state index contributed by atoms with van der Waals surface area (Å²) in [5.41, 5.74) is 6.19. The third kappa shape index (κ3) is 2.71. The zero-order valence-electron chi connectivity index (χ0n) is 14.9. The Morgan fingerprint density at radius 1 is 0.815 bits per heavy atom. The van der Waals surface area contributed by atoms with E-state index in [1.807, 2.05) is 30.5 Å². The van der Waals surface area contributed by atoms with Crippen LogP contribution >= 0.6 is 0 Å². The Balaban J connectivity index is 1.77. The first-order valence-electron chi connectivity index (χ1n) is 9.34. The molecular formula is C22H19BN2O2. The fourth-order valence-corrected chi connectivity index (χ4v) is 4.28. The second-order valence-electron chi connectivity index (χ2n) is 7.13. The van der Waals surface area contributed by atoms with Crippen molar-refractivity contribution in [2.45, 2.75) is 25.7 Å². The molecule has 27 heavy (non-hydrogen) atoms. The van der Waals surface area contributed by atoms with E-state index in [1.165, 1.54) is 11.1 Å². The number of nitrogens with zero attached hydrogens (tertiary/aromatic N) is 2. The maximum Gasteiger partial charge on any atom is 0.484 e. The molecule has 5 heteroatoms. The van der Waals surface area contributed by atoms with Crippen molar-refractivity contribution < 1.29 is 10.0 Å². The van der Waals surface area contributed by atoms with Crippen LogP contribution in [0.4, 0.5) is 5.69 Å². The second kappa shape index (κ2) is 6.45. The fourth-order valence-electron chi connectivity index (χ4n) is 4.28. The quantitative estimate of drug-likeness (QED) is 0.693. The largest absolute Gasteiger partial charge is 0.484 e. The van der Waals surface area contributed by atoms with Crippen LogP contribution < -0.4 is 10.4 Å². The van der Waals surface area contributed by atoms with Crippen molar-refractivity contribution in [3.63, 3.8) is 0 Å². The predicted molar refractivity (Wildman–Crippen MR) is 109 cm³/mol. The molecule has 0 saturated heterocycles. The topological polar surface area (TPSA) is 65.7 Å². The van der Waals surface area contributed by atoms with Crippen LogP contribution in [0, 0.1) is 0 Å². The first kappa shape index (κ1) is 16.4. The van der Waals surface area contributed by atoms with Gasteiger partial charge in [-0.25, -0.2) is 0 Å². The number of aromatic nitrogens is 1. The summed E-state index contributed by atoms with van der Waals surface area (Å²) in [6.45, 7) is 0. The number of rotatable bonds is 2. The molecule has 2 aliphatic rings. The molecule has 4 nitrogen and oxygen atoms in total. The molecule has 0 atom stereocenters. The van der Waals surface area contributed by atoms with Crippen LogP contribution in [0.1, 0.15) is 24.8 Å². The lowest BCUT2D eigenvalue weighted by atomic mass is 9.71. The Hall–Kier alpha value is -2.76. The normalized spacial score (nSPS) is 16.0.